The third-order valence-corrected chi connectivity index (χ3v) is 5.75. The van der Waals surface area contributed by atoms with Gasteiger partial charge in [0.2, 0.25) is 11.8 Å². The minimum atomic E-state index is -1.26. The van der Waals surface area contributed by atoms with Crippen molar-refractivity contribution in [3.8, 4) is 0 Å². The van der Waals surface area contributed by atoms with Crippen LogP contribution in [0.15, 0.2) is 18.2 Å². The van der Waals surface area contributed by atoms with Crippen molar-refractivity contribution in [3.05, 3.63) is 34.9 Å². The molecule has 3 unspecified atom stereocenters. The molecule has 0 fully saturated rings. The van der Waals surface area contributed by atoms with Crippen molar-refractivity contribution in [2.75, 3.05) is 6.61 Å². The Bertz CT molecular complexity index is 892. The lowest BCUT2D eigenvalue weighted by Crippen LogP contribution is -2.57. The first-order chi connectivity index (χ1) is 16.6. The van der Waals surface area contributed by atoms with Crippen LogP contribution in [0.2, 0.25) is 0 Å². The molecule has 0 aromatic heterocycles. The van der Waals surface area contributed by atoms with Gasteiger partial charge in [-0.2, -0.15) is 0 Å². The van der Waals surface area contributed by atoms with Crippen LogP contribution in [0.25, 0.3) is 0 Å². The maximum atomic E-state index is 14.0. The zero-order chi connectivity index (χ0) is 27.8. The summed E-state index contributed by atoms with van der Waals surface area (Å²) in [5.74, 6) is -0.441. The number of ether oxygens (including phenoxy) is 1. The Labute approximate surface area is 217 Å². The van der Waals surface area contributed by atoms with Gasteiger partial charge in [-0.1, -0.05) is 37.6 Å². The summed E-state index contributed by atoms with van der Waals surface area (Å²) in [6, 6.07) is 3.15. The standard InChI is InChI=1S/C28H47N3O5/c1-17(2)11-14-21(7)31(26(34)23(16-32)30-27(35)36-28(8,9)10)24(25(33)29-18(3)4)22-15-19(5)12-13-20(22)6/h12-13,15,17-18,21,23-24,32H,11,14,16H2,1-10H3,(H,29,33)(H,30,35). The SMILES string of the molecule is Cc1ccc(C)c(C(C(=O)NC(C)C)N(C(=O)C(CO)NC(=O)OC(C)(C)C)C(C)CCC(C)C)c1. The van der Waals surface area contributed by atoms with Gasteiger partial charge in [0.1, 0.15) is 17.7 Å². The van der Waals surface area contributed by atoms with Gasteiger partial charge in [0.25, 0.3) is 0 Å². The lowest BCUT2D eigenvalue weighted by molar-refractivity contribution is -0.146. The molecule has 1 aromatic rings. The predicted octanol–water partition coefficient (Wildman–Crippen LogP) is 4.41. The quantitative estimate of drug-likeness (QED) is 0.413. The van der Waals surface area contributed by atoms with E-state index >= 15 is 0 Å². The van der Waals surface area contributed by atoms with E-state index < -0.39 is 36.3 Å². The first kappa shape index (κ1) is 31.4. The van der Waals surface area contributed by atoms with Gasteiger partial charge in [-0.3, -0.25) is 9.59 Å². The van der Waals surface area contributed by atoms with Gasteiger partial charge in [-0.25, -0.2) is 4.79 Å². The molecular formula is C28H47N3O5. The molecule has 0 spiro atoms. The molecule has 0 radical (unpaired) electrons. The second-order valence-electron chi connectivity index (χ2n) is 11.4. The average Bonchev–Trinajstić information content (AvgIpc) is 2.73. The zero-order valence-corrected chi connectivity index (χ0v) is 23.8. The van der Waals surface area contributed by atoms with Crippen molar-refractivity contribution in [1.29, 1.82) is 0 Å². The van der Waals surface area contributed by atoms with Crippen LogP contribution in [0, 0.1) is 19.8 Å². The number of hydrogen-bond donors (Lipinski definition) is 3. The van der Waals surface area contributed by atoms with Gasteiger partial charge < -0.3 is 25.4 Å². The Morgan fingerprint density at radius 1 is 1.00 bits per heavy atom. The number of rotatable bonds is 11. The molecule has 36 heavy (non-hydrogen) atoms. The van der Waals surface area contributed by atoms with E-state index in [1.54, 1.807) is 20.8 Å². The summed E-state index contributed by atoms with van der Waals surface area (Å²) in [4.78, 5) is 41.6. The lowest BCUT2D eigenvalue weighted by Gasteiger charge is -2.39. The van der Waals surface area contributed by atoms with Gasteiger partial charge in [-0.05, 0) is 85.3 Å². The average molecular weight is 506 g/mol. The molecule has 3 amide bonds. The summed E-state index contributed by atoms with van der Waals surface area (Å²) >= 11 is 0. The Hall–Kier alpha value is -2.61. The van der Waals surface area contributed by atoms with E-state index in [9.17, 15) is 19.5 Å². The van der Waals surface area contributed by atoms with Crippen LogP contribution in [0.5, 0.6) is 0 Å². The summed E-state index contributed by atoms with van der Waals surface area (Å²) in [7, 11) is 0. The largest absolute Gasteiger partial charge is 0.444 e. The van der Waals surface area contributed by atoms with Crippen LogP contribution in [0.4, 0.5) is 4.79 Å². The number of nitrogens with zero attached hydrogens (tertiary/aromatic N) is 1. The molecule has 0 heterocycles. The van der Waals surface area contributed by atoms with Gasteiger partial charge in [0.15, 0.2) is 0 Å². The Morgan fingerprint density at radius 2 is 1.61 bits per heavy atom. The highest BCUT2D eigenvalue weighted by Crippen LogP contribution is 2.30. The summed E-state index contributed by atoms with van der Waals surface area (Å²) in [5, 5.41) is 15.6. The zero-order valence-electron chi connectivity index (χ0n) is 23.8. The Balaban J connectivity index is 3.59. The van der Waals surface area contributed by atoms with Crippen LogP contribution in [0.3, 0.4) is 0 Å². The molecule has 0 aliphatic rings. The lowest BCUT2D eigenvalue weighted by atomic mass is 9.93. The number of aryl methyl sites for hydroxylation is 2. The van der Waals surface area contributed by atoms with Crippen molar-refractivity contribution in [3.63, 3.8) is 0 Å². The molecule has 8 heteroatoms. The molecule has 0 saturated carbocycles. The second-order valence-corrected chi connectivity index (χ2v) is 11.4. The molecule has 3 atom stereocenters. The fourth-order valence-electron chi connectivity index (χ4n) is 3.96. The number of carbonyl (C=O) groups excluding carboxylic acids is 3. The van der Waals surface area contributed by atoms with E-state index in [0.29, 0.717) is 17.9 Å². The van der Waals surface area contributed by atoms with Crippen molar-refractivity contribution in [2.45, 2.75) is 112 Å². The van der Waals surface area contributed by atoms with Gasteiger partial charge >= 0.3 is 6.09 Å². The number of nitrogens with one attached hydrogen (secondary N) is 2. The summed E-state index contributed by atoms with van der Waals surface area (Å²) in [6.45, 7) is 18.2. The Kier molecular flexibility index (Phi) is 11.9. The summed E-state index contributed by atoms with van der Waals surface area (Å²) in [5.41, 5.74) is 1.78. The molecule has 0 aliphatic carbocycles. The first-order valence-electron chi connectivity index (χ1n) is 12.9. The number of amides is 3. The molecule has 0 aliphatic heterocycles. The molecule has 0 bridgehead atoms. The highest BCUT2D eigenvalue weighted by molar-refractivity contribution is 5.92. The van der Waals surface area contributed by atoms with Crippen LogP contribution < -0.4 is 10.6 Å². The molecule has 0 saturated heterocycles. The van der Waals surface area contributed by atoms with E-state index in [-0.39, 0.29) is 18.0 Å². The molecule has 8 nitrogen and oxygen atoms in total. The summed E-state index contributed by atoms with van der Waals surface area (Å²) in [6.07, 6.45) is 0.698. The van der Waals surface area contributed by atoms with E-state index in [2.05, 4.69) is 24.5 Å². The van der Waals surface area contributed by atoms with Crippen molar-refractivity contribution in [2.24, 2.45) is 5.92 Å². The van der Waals surface area contributed by atoms with E-state index in [1.807, 2.05) is 52.8 Å². The van der Waals surface area contributed by atoms with E-state index in [1.165, 1.54) is 4.90 Å². The Morgan fingerprint density at radius 3 is 2.11 bits per heavy atom. The van der Waals surface area contributed by atoms with Crippen molar-refractivity contribution >= 4 is 17.9 Å². The minimum absolute atomic E-state index is 0.137. The van der Waals surface area contributed by atoms with Crippen LogP contribution >= 0.6 is 0 Å². The molecule has 1 aromatic carbocycles. The number of hydrogen-bond acceptors (Lipinski definition) is 5. The van der Waals surface area contributed by atoms with Crippen molar-refractivity contribution in [1.82, 2.24) is 15.5 Å². The van der Waals surface area contributed by atoms with Gasteiger partial charge in [-0.15, -0.1) is 0 Å². The number of carbonyl (C=O) groups is 3. The molecule has 3 N–H and O–H groups in total. The normalized spacial score (nSPS) is 14.2. The third-order valence-electron chi connectivity index (χ3n) is 5.75. The monoisotopic (exact) mass is 505 g/mol. The number of aliphatic hydroxyl groups is 1. The maximum Gasteiger partial charge on any atom is 0.408 e. The fourth-order valence-corrected chi connectivity index (χ4v) is 3.96. The number of benzene rings is 1. The van der Waals surface area contributed by atoms with Crippen LogP contribution in [-0.2, 0) is 14.3 Å². The third kappa shape index (κ3) is 9.80. The minimum Gasteiger partial charge on any atom is -0.444 e. The topological polar surface area (TPSA) is 108 Å². The first-order valence-corrected chi connectivity index (χ1v) is 12.9. The maximum absolute atomic E-state index is 14.0. The number of alkyl carbamates (subject to hydrolysis) is 1. The molecule has 204 valence electrons. The smallest absolute Gasteiger partial charge is 0.408 e. The number of aliphatic hydroxyl groups excluding tert-OH is 1. The highest BCUT2D eigenvalue weighted by Gasteiger charge is 2.39. The fraction of sp³-hybridized carbons (Fsp3) is 0.679. The predicted molar refractivity (Wildman–Crippen MR) is 143 cm³/mol. The summed E-state index contributed by atoms with van der Waals surface area (Å²) < 4.78 is 5.31. The van der Waals surface area contributed by atoms with Crippen LogP contribution in [-0.4, -0.2) is 58.2 Å². The molecular weight excluding hydrogens is 458 g/mol. The van der Waals surface area contributed by atoms with E-state index in [0.717, 1.165) is 17.5 Å². The van der Waals surface area contributed by atoms with E-state index in [4.69, 9.17) is 4.74 Å². The highest BCUT2D eigenvalue weighted by atomic mass is 16.6. The second kappa shape index (κ2) is 13.6. The van der Waals surface area contributed by atoms with Crippen molar-refractivity contribution < 1.29 is 24.2 Å². The van der Waals surface area contributed by atoms with Gasteiger partial charge in [0.05, 0.1) is 6.61 Å². The van der Waals surface area contributed by atoms with Gasteiger partial charge in [0, 0.05) is 12.1 Å². The van der Waals surface area contributed by atoms with Crippen LogP contribution in [0.1, 0.15) is 91.0 Å². The molecule has 1 rings (SSSR count).